The molecule has 160 valence electrons. The van der Waals surface area contributed by atoms with Crippen LogP contribution >= 0.6 is 0 Å². The molecule has 0 aliphatic carbocycles. The third-order valence-electron chi connectivity index (χ3n) is 5.38. The molecule has 1 heterocycles. The molecule has 1 aliphatic heterocycles. The van der Waals surface area contributed by atoms with Crippen molar-refractivity contribution >= 4 is 17.5 Å². The van der Waals surface area contributed by atoms with Crippen LogP contribution in [0.1, 0.15) is 55.0 Å². The van der Waals surface area contributed by atoms with Crippen molar-refractivity contribution in [3.8, 4) is 11.5 Å². The molecule has 0 unspecified atom stereocenters. The zero-order chi connectivity index (χ0) is 21.8. The lowest BCUT2D eigenvalue weighted by atomic mass is 9.99. The molecular formula is C24H30N2O4. The first-order valence-electron chi connectivity index (χ1n) is 10.4. The Labute approximate surface area is 178 Å². The number of nitrogens with one attached hydrogen (secondary N) is 1. The molecular weight excluding hydrogens is 380 g/mol. The molecule has 0 bridgehead atoms. The summed E-state index contributed by atoms with van der Waals surface area (Å²) < 4.78 is 11.3. The molecule has 1 atom stereocenters. The molecule has 3 rings (SSSR count). The number of nitrogens with zero attached hydrogens (tertiary/aromatic N) is 1. The van der Waals surface area contributed by atoms with Crippen molar-refractivity contribution in [3.05, 3.63) is 52.6 Å². The Morgan fingerprint density at radius 2 is 1.87 bits per heavy atom. The summed E-state index contributed by atoms with van der Waals surface area (Å²) in [6.45, 7) is 8.53. The fourth-order valence-electron chi connectivity index (χ4n) is 3.86. The van der Waals surface area contributed by atoms with Crippen molar-refractivity contribution < 1.29 is 19.1 Å². The van der Waals surface area contributed by atoms with Crippen LogP contribution < -0.4 is 19.7 Å². The van der Waals surface area contributed by atoms with Gasteiger partial charge in [0.1, 0.15) is 6.04 Å². The van der Waals surface area contributed by atoms with Crippen molar-refractivity contribution in [3.63, 3.8) is 0 Å². The van der Waals surface area contributed by atoms with Crippen LogP contribution in [0.2, 0.25) is 0 Å². The summed E-state index contributed by atoms with van der Waals surface area (Å²) in [4.78, 5) is 26.7. The Balaban J connectivity index is 1.92. The Hall–Kier alpha value is -3.02. The zero-order valence-corrected chi connectivity index (χ0v) is 18.4. The summed E-state index contributed by atoms with van der Waals surface area (Å²) >= 11 is 0. The smallest absolute Gasteiger partial charge is 0.254 e. The molecule has 2 aromatic carbocycles. The number of rotatable bonds is 8. The molecule has 1 aliphatic rings. The number of fused-ring (bicyclic) bond motifs is 1. The molecule has 0 saturated heterocycles. The summed E-state index contributed by atoms with van der Waals surface area (Å²) in [6, 6.07) is 9.09. The number of carbonyl (C=O) groups excluding carboxylic acids is 2. The second kappa shape index (κ2) is 9.20. The number of ether oxygens (including phenoxy) is 2. The molecule has 30 heavy (non-hydrogen) atoms. The lowest BCUT2D eigenvalue weighted by Crippen LogP contribution is -2.36. The van der Waals surface area contributed by atoms with E-state index in [4.69, 9.17) is 9.47 Å². The molecule has 2 aromatic rings. The molecule has 6 heteroatoms. The average Bonchev–Trinajstić information content (AvgIpc) is 2.98. The molecule has 0 fully saturated rings. The summed E-state index contributed by atoms with van der Waals surface area (Å²) in [5.41, 5.74) is 4.67. The maximum atomic E-state index is 13.3. The van der Waals surface area contributed by atoms with Gasteiger partial charge < -0.3 is 19.7 Å². The van der Waals surface area contributed by atoms with Crippen LogP contribution in [0.4, 0.5) is 5.69 Å². The van der Waals surface area contributed by atoms with Crippen LogP contribution in [0.5, 0.6) is 11.5 Å². The maximum Gasteiger partial charge on any atom is 0.254 e. The van der Waals surface area contributed by atoms with Crippen molar-refractivity contribution in [2.45, 2.75) is 53.1 Å². The second-order valence-electron chi connectivity index (χ2n) is 7.71. The van der Waals surface area contributed by atoms with E-state index in [1.54, 1.807) is 12.0 Å². The monoisotopic (exact) mass is 410 g/mol. The van der Waals surface area contributed by atoms with Gasteiger partial charge in [-0.3, -0.25) is 9.59 Å². The van der Waals surface area contributed by atoms with Gasteiger partial charge in [0.05, 0.1) is 25.9 Å². The molecule has 2 amide bonds. The number of amides is 2. The summed E-state index contributed by atoms with van der Waals surface area (Å²) in [5, 5.41) is 2.82. The van der Waals surface area contributed by atoms with Crippen molar-refractivity contribution in [2.75, 3.05) is 18.6 Å². The van der Waals surface area contributed by atoms with Gasteiger partial charge in [-0.15, -0.1) is 0 Å². The number of methoxy groups -OCH3 is 1. The standard InChI is InChI=1S/C24H30N2O4/c1-6-7-12-30-19-11-10-18(13-20(19)29-5)14-26-23-16(3)9-8-15(2)21(23)22(24(26)28)25-17(4)27/h8-11,13,22H,6-7,12,14H2,1-5H3,(H,25,27)/t22-/m0/s1. The van der Waals surface area contributed by atoms with E-state index in [0.717, 1.165) is 40.8 Å². The molecule has 6 nitrogen and oxygen atoms in total. The summed E-state index contributed by atoms with van der Waals surface area (Å²) in [5.74, 6) is 0.998. The summed E-state index contributed by atoms with van der Waals surface area (Å²) in [7, 11) is 1.61. The SMILES string of the molecule is CCCCOc1ccc(CN2C(=O)[C@@H](NC(C)=O)c3c(C)ccc(C)c32)cc1OC. The number of benzene rings is 2. The molecule has 0 spiro atoms. The largest absolute Gasteiger partial charge is 0.493 e. The minimum absolute atomic E-state index is 0.125. The molecule has 0 saturated carbocycles. The molecule has 1 N–H and O–H groups in total. The number of carbonyl (C=O) groups is 2. The minimum atomic E-state index is -0.657. The highest BCUT2D eigenvalue weighted by atomic mass is 16.5. The first-order chi connectivity index (χ1) is 14.4. The third-order valence-corrected chi connectivity index (χ3v) is 5.38. The number of anilines is 1. The van der Waals surface area contributed by atoms with Gasteiger partial charge in [-0.2, -0.15) is 0 Å². The van der Waals surface area contributed by atoms with Gasteiger partial charge >= 0.3 is 0 Å². The second-order valence-corrected chi connectivity index (χ2v) is 7.71. The van der Waals surface area contributed by atoms with E-state index in [-0.39, 0.29) is 11.8 Å². The molecule has 0 aromatic heterocycles. The third kappa shape index (κ3) is 4.27. The summed E-state index contributed by atoms with van der Waals surface area (Å²) in [6.07, 6.45) is 2.04. The Morgan fingerprint density at radius 1 is 1.13 bits per heavy atom. The van der Waals surface area contributed by atoms with Crippen LogP contribution in [-0.2, 0) is 16.1 Å². The van der Waals surface area contributed by atoms with E-state index in [2.05, 4.69) is 12.2 Å². The van der Waals surface area contributed by atoms with Crippen molar-refractivity contribution in [1.29, 1.82) is 0 Å². The van der Waals surface area contributed by atoms with Gasteiger partial charge in [0, 0.05) is 12.5 Å². The first kappa shape index (κ1) is 21.7. The molecule has 0 radical (unpaired) electrons. The number of hydrogen-bond acceptors (Lipinski definition) is 4. The van der Waals surface area contributed by atoms with Gasteiger partial charge in [0.15, 0.2) is 11.5 Å². The topological polar surface area (TPSA) is 67.9 Å². The van der Waals surface area contributed by atoms with E-state index in [9.17, 15) is 9.59 Å². The lowest BCUT2D eigenvalue weighted by molar-refractivity contribution is -0.126. The van der Waals surface area contributed by atoms with E-state index in [1.807, 2.05) is 44.2 Å². The maximum absolute atomic E-state index is 13.3. The Bertz CT molecular complexity index is 954. The van der Waals surface area contributed by atoms with Crippen LogP contribution in [0.3, 0.4) is 0 Å². The number of unbranched alkanes of at least 4 members (excludes halogenated alkanes) is 1. The van der Waals surface area contributed by atoms with E-state index < -0.39 is 6.04 Å². The van der Waals surface area contributed by atoms with Gasteiger partial charge in [-0.1, -0.05) is 31.5 Å². The quantitative estimate of drug-likeness (QED) is 0.662. The van der Waals surface area contributed by atoms with Crippen molar-refractivity contribution in [1.82, 2.24) is 5.32 Å². The van der Waals surface area contributed by atoms with Gasteiger partial charge in [0.2, 0.25) is 5.91 Å². The fourth-order valence-corrected chi connectivity index (χ4v) is 3.86. The van der Waals surface area contributed by atoms with Crippen LogP contribution in [0, 0.1) is 13.8 Å². The first-order valence-corrected chi connectivity index (χ1v) is 10.4. The Morgan fingerprint density at radius 3 is 2.53 bits per heavy atom. The lowest BCUT2D eigenvalue weighted by Gasteiger charge is -2.21. The highest BCUT2D eigenvalue weighted by molar-refractivity contribution is 6.07. The predicted octanol–water partition coefficient (Wildman–Crippen LogP) is 4.21. The van der Waals surface area contributed by atoms with E-state index in [1.165, 1.54) is 6.92 Å². The van der Waals surface area contributed by atoms with E-state index in [0.29, 0.717) is 24.7 Å². The highest BCUT2D eigenvalue weighted by Gasteiger charge is 2.40. The number of aryl methyl sites for hydroxylation is 2. The van der Waals surface area contributed by atoms with Gasteiger partial charge in [0.25, 0.3) is 5.91 Å². The fraction of sp³-hybridized carbons (Fsp3) is 0.417. The average molecular weight is 411 g/mol. The normalized spacial score (nSPS) is 15.2. The number of hydrogen-bond donors (Lipinski definition) is 1. The Kier molecular flexibility index (Phi) is 6.65. The van der Waals surface area contributed by atoms with Crippen LogP contribution in [0.15, 0.2) is 30.3 Å². The van der Waals surface area contributed by atoms with Crippen LogP contribution in [-0.4, -0.2) is 25.5 Å². The highest BCUT2D eigenvalue weighted by Crippen LogP contribution is 2.42. The van der Waals surface area contributed by atoms with Crippen LogP contribution in [0.25, 0.3) is 0 Å². The zero-order valence-electron chi connectivity index (χ0n) is 18.4. The predicted molar refractivity (Wildman–Crippen MR) is 117 cm³/mol. The van der Waals surface area contributed by atoms with Gasteiger partial charge in [-0.25, -0.2) is 0 Å². The van der Waals surface area contributed by atoms with E-state index >= 15 is 0 Å². The van der Waals surface area contributed by atoms with Gasteiger partial charge in [-0.05, 0) is 49.1 Å². The van der Waals surface area contributed by atoms with Crippen molar-refractivity contribution in [2.24, 2.45) is 0 Å². The minimum Gasteiger partial charge on any atom is -0.493 e.